The molecule has 2 heterocycles. The van der Waals surface area contributed by atoms with Crippen LogP contribution in [0.15, 0.2) is 47.1 Å². The van der Waals surface area contributed by atoms with Gasteiger partial charge in [-0.15, -0.1) is 0 Å². The number of hydrogen-bond donors (Lipinski definition) is 1. The number of benzene rings is 1. The second-order valence-corrected chi connectivity index (χ2v) is 6.90. The van der Waals surface area contributed by atoms with Gasteiger partial charge in [0.2, 0.25) is 17.7 Å². The van der Waals surface area contributed by atoms with Gasteiger partial charge in [-0.25, -0.2) is 4.98 Å². The fraction of sp³-hybridized carbons (Fsp3) is 0.316. The monoisotopic (exact) mass is 433 g/mol. The molecule has 142 valence electrons. The Labute approximate surface area is 165 Å². The Hall–Kier alpha value is -2.45. The summed E-state index contributed by atoms with van der Waals surface area (Å²) in [4.78, 5) is 30.9. The lowest BCUT2D eigenvalue weighted by atomic mass is 10.1. The summed E-state index contributed by atoms with van der Waals surface area (Å²) < 4.78 is 11.3. The molecule has 1 aromatic heterocycles. The van der Waals surface area contributed by atoms with Crippen molar-refractivity contribution in [1.82, 2.24) is 4.98 Å². The molecule has 8 heteroatoms. The van der Waals surface area contributed by atoms with E-state index < -0.39 is 5.92 Å². The van der Waals surface area contributed by atoms with Crippen LogP contribution in [0.4, 0.5) is 11.4 Å². The van der Waals surface area contributed by atoms with Crippen LogP contribution in [-0.2, 0) is 14.3 Å². The van der Waals surface area contributed by atoms with E-state index in [-0.39, 0.29) is 18.2 Å². The lowest BCUT2D eigenvalue weighted by molar-refractivity contribution is -0.122. The molecule has 0 spiro atoms. The number of nitrogens with one attached hydrogen (secondary N) is 1. The van der Waals surface area contributed by atoms with Crippen LogP contribution in [0.25, 0.3) is 0 Å². The molecule has 0 bridgehead atoms. The number of anilines is 2. The zero-order valence-corrected chi connectivity index (χ0v) is 16.4. The quantitative estimate of drug-likeness (QED) is 0.678. The molecule has 1 fully saturated rings. The first-order valence-electron chi connectivity index (χ1n) is 8.52. The van der Waals surface area contributed by atoms with Gasteiger partial charge < -0.3 is 19.7 Å². The molecule has 0 radical (unpaired) electrons. The van der Waals surface area contributed by atoms with Crippen LogP contribution in [0.1, 0.15) is 6.42 Å². The first kappa shape index (κ1) is 19.3. The first-order valence-corrected chi connectivity index (χ1v) is 9.32. The second-order valence-electron chi connectivity index (χ2n) is 6.04. The van der Waals surface area contributed by atoms with E-state index in [2.05, 4.69) is 26.2 Å². The van der Waals surface area contributed by atoms with Crippen LogP contribution in [0, 0.1) is 5.92 Å². The first-order chi connectivity index (χ1) is 13.1. The van der Waals surface area contributed by atoms with Gasteiger partial charge in [0.1, 0.15) is 12.3 Å². The van der Waals surface area contributed by atoms with Crippen molar-refractivity contribution in [1.29, 1.82) is 0 Å². The highest BCUT2D eigenvalue weighted by Crippen LogP contribution is 2.32. The third-order valence-electron chi connectivity index (χ3n) is 4.19. The summed E-state index contributed by atoms with van der Waals surface area (Å²) in [7, 11) is 1.58. The van der Waals surface area contributed by atoms with E-state index in [1.165, 1.54) is 0 Å². The second kappa shape index (κ2) is 8.96. The smallest absolute Gasteiger partial charge is 0.237 e. The zero-order valence-electron chi connectivity index (χ0n) is 14.9. The largest absolute Gasteiger partial charge is 0.474 e. The highest BCUT2D eigenvalue weighted by molar-refractivity contribution is 9.10. The summed E-state index contributed by atoms with van der Waals surface area (Å²) in [6.07, 6.45) is 1.75. The predicted molar refractivity (Wildman–Crippen MR) is 105 cm³/mol. The number of methoxy groups -OCH3 is 1. The van der Waals surface area contributed by atoms with Gasteiger partial charge in [-0.05, 0) is 40.2 Å². The van der Waals surface area contributed by atoms with E-state index in [9.17, 15) is 9.59 Å². The van der Waals surface area contributed by atoms with Crippen LogP contribution >= 0.6 is 15.9 Å². The molecule has 2 amide bonds. The van der Waals surface area contributed by atoms with Gasteiger partial charge >= 0.3 is 0 Å². The fourth-order valence-corrected chi connectivity index (χ4v) is 3.34. The molecule has 27 heavy (non-hydrogen) atoms. The maximum absolute atomic E-state index is 12.7. The normalized spacial score (nSPS) is 16.4. The van der Waals surface area contributed by atoms with Crippen molar-refractivity contribution in [3.63, 3.8) is 0 Å². The fourth-order valence-electron chi connectivity index (χ4n) is 2.84. The molecular weight excluding hydrogens is 414 g/mol. The Balaban J connectivity index is 1.68. The van der Waals surface area contributed by atoms with Gasteiger partial charge in [-0.1, -0.05) is 12.1 Å². The number of nitrogens with zero attached hydrogens (tertiary/aromatic N) is 2. The summed E-state index contributed by atoms with van der Waals surface area (Å²) in [5, 5.41) is 2.83. The molecular formula is C19H20BrN3O4. The number of pyridine rings is 1. The standard InChI is InChI=1S/C19H20BrN3O4/c1-26-9-10-27-19-15(6-4-8-21-19)22-18(25)13-11-17(24)23(12-13)16-7-3-2-5-14(16)20/h2-8,13H,9-12H2,1H3,(H,22,25). The number of para-hydroxylation sites is 1. The molecule has 1 unspecified atom stereocenters. The van der Waals surface area contributed by atoms with E-state index in [1.807, 2.05) is 24.3 Å². The van der Waals surface area contributed by atoms with E-state index in [1.54, 1.807) is 30.3 Å². The summed E-state index contributed by atoms with van der Waals surface area (Å²) in [6.45, 7) is 1.07. The minimum absolute atomic E-state index is 0.0789. The zero-order chi connectivity index (χ0) is 19.2. The molecule has 1 aliphatic rings. The molecule has 1 N–H and O–H groups in total. The number of rotatable bonds is 7. The maximum Gasteiger partial charge on any atom is 0.237 e. The van der Waals surface area contributed by atoms with E-state index in [0.717, 1.165) is 10.2 Å². The summed E-state index contributed by atoms with van der Waals surface area (Å²) in [5.41, 5.74) is 1.24. The van der Waals surface area contributed by atoms with Crippen molar-refractivity contribution in [2.75, 3.05) is 37.1 Å². The number of halogens is 1. The SMILES string of the molecule is COCCOc1ncccc1NC(=O)C1CC(=O)N(c2ccccc2Br)C1. The highest BCUT2D eigenvalue weighted by Gasteiger charge is 2.36. The van der Waals surface area contributed by atoms with E-state index in [4.69, 9.17) is 9.47 Å². The lowest BCUT2D eigenvalue weighted by Crippen LogP contribution is -2.28. The summed E-state index contributed by atoms with van der Waals surface area (Å²) >= 11 is 3.45. The number of hydrogen-bond acceptors (Lipinski definition) is 5. The van der Waals surface area contributed by atoms with Gasteiger partial charge in [0.25, 0.3) is 0 Å². The molecule has 3 rings (SSSR count). The average Bonchev–Trinajstić information content (AvgIpc) is 3.05. The summed E-state index contributed by atoms with van der Waals surface area (Å²) in [5.74, 6) is -0.432. The molecule has 0 aliphatic carbocycles. The Bertz CT molecular complexity index is 830. The van der Waals surface area contributed by atoms with Gasteiger partial charge in [-0.2, -0.15) is 0 Å². The number of carbonyl (C=O) groups is 2. The maximum atomic E-state index is 12.7. The van der Waals surface area contributed by atoms with E-state index in [0.29, 0.717) is 31.3 Å². The number of amides is 2. The van der Waals surface area contributed by atoms with Crippen molar-refractivity contribution in [2.45, 2.75) is 6.42 Å². The van der Waals surface area contributed by atoms with Gasteiger partial charge in [0, 0.05) is 30.7 Å². The van der Waals surface area contributed by atoms with Gasteiger partial charge in [0.15, 0.2) is 0 Å². The topological polar surface area (TPSA) is 80.8 Å². The van der Waals surface area contributed by atoms with Crippen LogP contribution in [0.2, 0.25) is 0 Å². The average molecular weight is 434 g/mol. The molecule has 1 saturated heterocycles. The predicted octanol–water partition coefficient (Wildman–Crippen LogP) is 2.86. The third-order valence-corrected chi connectivity index (χ3v) is 4.86. The molecule has 7 nitrogen and oxygen atoms in total. The molecule has 1 atom stereocenters. The van der Waals surface area contributed by atoms with Crippen molar-refractivity contribution < 1.29 is 19.1 Å². The van der Waals surface area contributed by atoms with Crippen molar-refractivity contribution in [3.8, 4) is 5.88 Å². The van der Waals surface area contributed by atoms with Crippen LogP contribution in [-0.4, -0.2) is 43.7 Å². The Morgan fingerprint density at radius 2 is 2.11 bits per heavy atom. The van der Waals surface area contributed by atoms with Crippen LogP contribution in [0.5, 0.6) is 5.88 Å². The molecule has 2 aromatic rings. The minimum atomic E-state index is -0.448. The molecule has 1 aromatic carbocycles. The minimum Gasteiger partial charge on any atom is -0.474 e. The summed E-state index contributed by atoms with van der Waals surface area (Å²) in [6, 6.07) is 10.9. The molecule has 0 saturated carbocycles. The highest BCUT2D eigenvalue weighted by atomic mass is 79.9. The lowest BCUT2D eigenvalue weighted by Gasteiger charge is -2.18. The van der Waals surface area contributed by atoms with Crippen molar-refractivity contribution in [2.24, 2.45) is 5.92 Å². The van der Waals surface area contributed by atoms with E-state index >= 15 is 0 Å². The Morgan fingerprint density at radius 1 is 1.30 bits per heavy atom. The van der Waals surface area contributed by atoms with Crippen molar-refractivity contribution in [3.05, 3.63) is 47.1 Å². The van der Waals surface area contributed by atoms with Crippen LogP contribution < -0.4 is 15.0 Å². The van der Waals surface area contributed by atoms with Crippen molar-refractivity contribution >= 4 is 39.1 Å². The third kappa shape index (κ3) is 4.64. The molecule has 1 aliphatic heterocycles. The number of aromatic nitrogens is 1. The van der Waals surface area contributed by atoms with Gasteiger partial charge in [0.05, 0.1) is 18.2 Å². The van der Waals surface area contributed by atoms with Gasteiger partial charge in [-0.3, -0.25) is 9.59 Å². The Morgan fingerprint density at radius 3 is 2.89 bits per heavy atom. The number of ether oxygens (including phenoxy) is 2. The van der Waals surface area contributed by atoms with Crippen LogP contribution in [0.3, 0.4) is 0 Å². The Kier molecular flexibility index (Phi) is 6.41. The number of carbonyl (C=O) groups excluding carboxylic acids is 2.